The smallest absolute Gasteiger partial charge is 0.306 e. The molecule has 1 aromatic heterocycles. The molecule has 1 aliphatic heterocycles. The van der Waals surface area contributed by atoms with Gasteiger partial charge >= 0.3 is 5.97 Å². The van der Waals surface area contributed by atoms with Gasteiger partial charge in [-0.15, -0.1) is 0 Å². The van der Waals surface area contributed by atoms with Crippen molar-refractivity contribution in [2.45, 2.75) is 12.5 Å². The van der Waals surface area contributed by atoms with Gasteiger partial charge in [-0.25, -0.2) is 0 Å². The Morgan fingerprint density at radius 1 is 1.35 bits per heavy atom. The summed E-state index contributed by atoms with van der Waals surface area (Å²) in [6.45, 7) is 0.854. The van der Waals surface area contributed by atoms with Crippen molar-refractivity contribution in [1.29, 1.82) is 0 Å². The molecule has 0 aliphatic carbocycles. The van der Waals surface area contributed by atoms with Crippen LogP contribution in [-0.4, -0.2) is 52.7 Å². The second-order valence-corrected chi connectivity index (χ2v) is 5.43. The third-order valence-electron chi connectivity index (χ3n) is 3.81. The normalized spacial score (nSPS) is 18.1. The van der Waals surface area contributed by atoms with Gasteiger partial charge in [0.15, 0.2) is 0 Å². The Labute approximate surface area is 131 Å². The maximum absolute atomic E-state index is 12.8. The van der Waals surface area contributed by atoms with Crippen LogP contribution >= 0.6 is 0 Å². The molecule has 1 aromatic carbocycles. The monoisotopic (exact) mass is 316 g/mol. The largest absolute Gasteiger partial charge is 0.481 e. The summed E-state index contributed by atoms with van der Waals surface area (Å²) in [5, 5.41) is 9.52. The number of H-pyrrole nitrogens is 1. The van der Waals surface area contributed by atoms with Gasteiger partial charge in [0.2, 0.25) is 5.56 Å². The van der Waals surface area contributed by atoms with Gasteiger partial charge in [0.1, 0.15) is 0 Å². The van der Waals surface area contributed by atoms with Gasteiger partial charge in [-0.1, -0.05) is 18.2 Å². The average molecular weight is 316 g/mol. The number of carboxylic acids is 1. The fraction of sp³-hybridized carbons (Fsp3) is 0.312. The number of aromatic amines is 1. The number of pyridine rings is 1. The lowest BCUT2D eigenvalue weighted by Crippen LogP contribution is -2.46. The van der Waals surface area contributed by atoms with Gasteiger partial charge in [0.25, 0.3) is 5.91 Å². The number of fused-ring (bicyclic) bond motifs is 1. The number of amides is 1. The summed E-state index contributed by atoms with van der Waals surface area (Å²) in [6, 6.07) is 8.37. The highest BCUT2D eigenvalue weighted by atomic mass is 16.5. The number of ether oxygens (including phenoxy) is 1. The Morgan fingerprint density at radius 2 is 2.13 bits per heavy atom. The number of nitrogens with zero attached hydrogens (tertiary/aromatic N) is 1. The van der Waals surface area contributed by atoms with Crippen molar-refractivity contribution in [2.75, 3.05) is 19.7 Å². The molecule has 7 heteroatoms. The number of hydrogen-bond acceptors (Lipinski definition) is 4. The zero-order valence-electron chi connectivity index (χ0n) is 12.3. The predicted octanol–water partition coefficient (Wildman–Crippen LogP) is 0.844. The third-order valence-corrected chi connectivity index (χ3v) is 3.81. The van der Waals surface area contributed by atoms with E-state index in [1.54, 1.807) is 29.2 Å². The molecule has 2 aromatic rings. The van der Waals surface area contributed by atoms with Crippen LogP contribution in [0.3, 0.4) is 0 Å². The molecule has 1 atom stereocenters. The van der Waals surface area contributed by atoms with E-state index < -0.39 is 12.1 Å². The Morgan fingerprint density at radius 3 is 2.91 bits per heavy atom. The maximum atomic E-state index is 12.8. The number of aromatic nitrogens is 1. The molecule has 23 heavy (non-hydrogen) atoms. The lowest BCUT2D eigenvalue weighted by Gasteiger charge is -2.32. The Hall–Kier alpha value is -2.67. The van der Waals surface area contributed by atoms with Gasteiger partial charge in [-0.3, -0.25) is 14.4 Å². The minimum Gasteiger partial charge on any atom is -0.481 e. The molecule has 2 heterocycles. The quantitative estimate of drug-likeness (QED) is 0.874. The number of nitrogens with one attached hydrogen (secondary N) is 1. The van der Waals surface area contributed by atoms with Crippen molar-refractivity contribution >= 4 is 22.8 Å². The first kappa shape index (κ1) is 15.2. The van der Waals surface area contributed by atoms with Crippen LogP contribution in [0, 0.1) is 0 Å². The Bertz CT molecular complexity index is 813. The van der Waals surface area contributed by atoms with Crippen molar-refractivity contribution in [3.05, 3.63) is 46.2 Å². The van der Waals surface area contributed by atoms with Crippen molar-refractivity contribution in [1.82, 2.24) is 9.88 Å². The molecule has 1 amide bonds. The molecule has 7 nitrogen and oxygen atoms in total. The molecule has 1 aliphatic rings. The van der Waals surface area contributed by atoms with Gasteiger partial charge in [0, 0.05) is 30.1 Å². The molecule has 0 bridgehead atoms. The van der Waals surface area contributed by atoms with Crippen molar-refractivity contribution in [3.63, 3.8) is 0 Å². The number of aliphatic carboxylic acids is 1. The second kappa shape index (κ2) is 6.21. The molecule has 1 unspecified atom stereocenters. The van der Waals surface area contributed by atoms with Crippen LogP contribution in [0.2, 0.25) is 0 Å². The van der Waals surface area contributed by atoms with Crippen molar-refractivity contribution < 1.29 is 19.4 Å². The summed E-state index contributed by atoms with van der Waals surface area (Å²) in [6.07, 6.45) is -0.682. The molecular weight excluding hydrogens is 300 g/mol. The maximum Gasteiger partial charge on any atom is 0.306 e. The van der Waals surface area contributed by atoms with Crippen LogP contribution in [0.4, 0.5) is 0 Å². The molecule has 1 fully saturated rings. The average Bonchev–Trinajstić information content (AvgIpc) is 2.53. The van der Waals surface area contributed by atoms with E-state index in [9.17, 15) is 14.4 Å². The number of hydrogen-bond donors (Lipinski definition) is 2. The zero-order chi connectivity index (χ0) is 16.4. The first-order valence-electron chi connectivity index (χ1n) is 7.29. The highest BCUT2D eigenvalue weighted by Gasteiger charge is 2.27. The van der Waals surface area contributed by atoms with E-state index in [1.165, 1.54) is 6.07 Å². The Balaban J connectivity index is 1.91. The summed E-state index contributed by atoms with van der Waals surface area (Å²) < 4.78 is 5.37. The van der Waals surface area contributed by atoms with E-state index in [0.717, 1.165) is 0 Å². The second-order valence-electron chi connectivity index (χ2n) is 5.43. The van der Waals surface area contributed by atoms with E-state index in [2.05, 4.69) is 4.98 Å². The lowest BCUT2D eigenvalue weighted by molar-refractivity contribution is -0.141. The standard InChI is InChI=1S/C16H16N2O5/c19-14-8-12(11-3-1-2-4-13(11)17-14)16(22)18-5-6-23-10(9-18)7-15(20)21/h1-4,8,10H,5-7,9H2,(H,17,19)(H,20,21). The van der Waals surface area contributed by atoms with E-state index in [-0.39, 0.29) is 31.0 Å². The number of carbonyl (C=O) groups excluding carboxylic acids is 1. The van der Waals surface area contributed by atoms with E-state index in [1.807, 2.05) is 0 Å². The van der Waals surface area contributed by atoms with Gasteiger partial charge < -0.3 is 19.7 Å². The van der Waals surface area contributed by atoms with E-state index in [4.69, 9.17) is 9.84 Å². The molecule has 0 radical (unpaired) electrons. The number of carboxylic acid groups (broad SMARTS) is 1. The van der Waals surface area contributed by atoms with Crippen molar-refractivity contribution in [2.24, 2.45) is 0 Å². The van der Waals surface area contributed by atoms with Crippen LogP contribution in [0.15, 0.2) is 35.1 Å². The summed E-state index contributed by atoms with van der Waals surface area (Å²) in [5.74, 6) is -1.25. The molecule has 2 N–H and O–H groups in total. The van der Waals surface area contributed by atoms with Crippen molar-refractivity contribution in [3.8, 4) is 0 Å². The highest BCUT2D eigenvalue weighted by Crippen LogP contribution is 2.18. The highest BCUT2D eigenvalue weighted by molar-refractivity contribution is 6.06. The number of carbonyl (C=O) groups is 2. The number of rotatable bonds is 3. The fourth-order valence-corrected chi connectivity index (χ4v) is 2.77. The number of benzene rings is 1. The minimum absolute atomic E-state index is 0.153. The van der Waals surface area contributed by atoms with Crippen LogP contribution in [0.5, 0.6) is 0 Å². The number of para-hydroxylation sites is 1. The topological polar surface area (TPSA) is 99.7 Å². The lowest BCUT2D eigenvalue weighted by atomic mass is 10.1. The molecule has 1 saturated heterocycles. The minimum atomic E-state index is -0.967. The summed E-state index contributed by atoms with van der Waals surface area (Å²) in [7, 11) is 0. The third kappa shape index (κ3) is 3.24. The molecule has 3 rings (SSSR count). The SMILES string of the molecule is O=C(O)CC1CN(C(=O)c2cc(=O)[nH]c3ccccc23)CCO1. The number of morpholine rings is 1. The molecule has 0 saturated carbocycles. The van der Waals surface area contributed by atoms with Gasteiger partial charge in [-0.2, -0.15) is 0 Å². The van der Waals surface area contributed by atoms with Crippen LogP contribution < -0.4 is 5.56 Å². The summed E-state index contributed by atoms with van der Waals surface area (Å²) in [4.78, 5) is 39.6. The molecular formula is C16H16N2O5. The van der Waals surface area contributed by atoms with Crippen LogP contribution in [0.25, 0.3) is 10.9 Å². The molecule has 0 spiro atoms. The predicted molar refractivity (Wildman–Crippen MR) is 82.5 cm³/mol. The van der Waals surface area contributed by atoms with Crippen LogP contribution in [0.1, 0.15) is 16.8 Å². The first-order valence-corrected chi connectivity index (χ1v) is 7.29. The zero-order valence-corrected chi connectivity index (χ0v) is 12.3. The summed E-state index contributed by atoms with van der Waals surface area (Å²) in [5.41, 5.74) is 0.571. The van der Waals surface area contributed by atoms with Crippen LogP contribution in [-0.2, 0) is 9.53 Å². The fourth-order valence-electron chi connectivity index (χ4n) is 2.77. The van der Waals surface area contributed by atoms with E-state index >= 15 is 0 Å². The summed E-state index contributed by atoms with van der Waals surface area (Å²) >= 11 is 0. The Kier molecular flexibility index (Phi) is 4.12. The van der Waals surface area contributed by atoms with Gasteiger partial charge in [-0.05, 0) is 6.07 Å². The van der Waals surface area contributed by atoms with Gasteiger partial charge in [0.05, 0.1) is 24.7 Å². The first-order chi connectivity index (χ1) is 11.0. The molecule has 120 valence electrons. The van der Waals surface area contributed by atoms with E-state index in [0.29, 0.717) is 23.0 Å².